The fourth-order valence-corrected chi connectivity index (χ4v) is 1.91. The van der Waals surface area contributed by atoms with Crippen LogP contribution in [0.2, 0.25) is 0 Å². The smallest absolute Gasteiger partial charge is 0.382 e. The van der Waals surface area contributed by atoms with Gasteiger partial charge in [0.1, 0.15) is 0 Å². The Bertz CT molecular complexity index is 680. The summed E-state index contributed by atoms with van der Waals surface area (Å²) in [6, 6.07) is 4.56. The lowest BCUT2D eigenvalue weighted by molar-refractivity contribution is -0.137. The van der Waals surface area contributed by atoms with Crippen LogP contribution in [0.5, 0.6) is 0 Å². The molecule has 118 valence electrons. The number of hydrogen-bond donors (Lipinski definition) is 3. The Balaban J connectivity index is 2.34. The maximum absolute atomic E-state index is 12.6. The van der Waals surface area contributed by atoms with Gasteiger partial charge in [0, 0.05) is 12.1 Å². The zero-order valence-corrected chi connectivity index (χ0v) is 11.6. The second-order valence-corrected chi connectivity index (χ2v) is 4.62. The zero-order chi connectivity index (χ0) is 16.2. The number of hydrogen-bond acceptors (Lipinski definition) is 4. The van der Waals surface area contributed by atoms with Gasteiger partial charge in [-0.15, -0.1) is 0 Å². The number of alkyl halides is 3. The SMILES string of the molecule is NCCCNc1cnc(=O)[nH]c1-c1ccc(C(F)(F)F)cc1. The second kappa shape index (κ2) is 6.61. The normalized spacial score (nSPS) is 11.5. The number of nitrogens with zero attached hydrogens (tertiary/aromatic N) is 1. The van der Waals surface area contributed by atoms with Crippen LogP contribution >= 0.6 is 0 Å². The molecule has 22 heavy (non-hydrogen) atoms. The molecule has 0 bridgehead atoms. The topological polar surface area (TPSA) is 83.8 Å². The molecule has 0 amide bonds. The largest absolute Gasteiger partial charge is 0.416 e. The molecule has 0 aliphatic carbocycles. The summed E-state index contributed by atoms with van der Waals surface area (Å²) < 4.78 is 37.7. The van der Waals surface area contributed by atoms with Crippen molar-refractivity contribution in [1.82, 2.24) is 9.97 Å². The van der Waals surface area contributed by atoms with Gasteiger partial charge in [-0.2, -0.15) is 18.2 Å². The lowest BCUT2D eigenvalue weighted by Crippen LogP contribution is -2.15. The van der Waals surface area contributed by atoms with E-state index in [4.69, 9.17) is 5.73 Å². The Morgan fingerprint density at radius 2 is 1.91 bits per heavy atom. The minimum atomic E-state index is -4.40. The van der Waals surface area contributed by atoms with Crippen LogP contribution in [-0.4, -0.2) is 23.1 Å². The first kappa shape index (κ1) is 16.0. The molecule has 0 fully saturated rings. The van der Waals surface area contributed by atoms with Crippen LogP contribution in [0.15, 0.2) is 35.3 Å². The van der Waals surface area contributed by atoms with Crippen LogP contribution in [0, 0.1) is 0 Å². The number of H-pyrrole nitrogens is 1. The summed E-state index contributed by atoms with van der Waals surface area (Å²) in [6.07, 6.45) is -2.33. The lowest BCUT2D eigenvalue weighted by atomic mass is 10.1. The Hall–Kier alpha value is -2.35. The molecule has 0 aliphatic rings. The molecule has 1 aromatic carbocycles. The van der Waals surface area contributed by atoms with Crippen molar-refractivity contribution in [3.63, 3.8) is 0 Å². The van der Waals surface area contributed by atoms with Crippen molar-refractivity contribution < 1.29 is 13.2 Å². The first-order valence-electron chi connectivity index (χ1n) is 6.62. The molecule has 0 saturated carbocycles. The third kappa shape index (κ3) is 3.85. The van der Waals surface area contributed by atoms with Crippen LogP contribution in [0.3, 0.4) is 0 Å². The van der Waals surface area contributed by atoms with Crippen LogP contribution in [0.4, 0.5) is 18.9 Å². The second-order valence-electron chi connectivity index (χ2n) is 4.62. The molecule has 0 atom stereocenters. The summed E-state index contributed by atoms with van der Waals surface area (Å²) in [5.74, 6) is 0. The van der Waals surface area contributed by atoms with Gasteiger partial charge in [-0.1, -0.05) is 12.1 Å². The van der Waals surface area contributed by atoms with Crippen molar-refractivity contribution in [3.05, 3.63) is 46.5 Å². The average molecular weight is 312 g/mol. The average Bonchev–Trinajstić information content (AvgIpc) is 2.48. The van der Waals surface area contributed by atoms with Crippen LogP contribution in [0.1, 0.15) is 12.0 Å². The standard InChI is InChI=1S/C14H15F3N4O/c15-14(16,17)10-4-2-9(3-5-10)12-11(19-7-1-6-18)8-20-13(22)21-12/h2-5,8,19H,1,6-7,18H2,(H,20,21,22). The van der Waals surface area contributed by atoms with E-state index < -0.39 is 17.4 Å². The fraction of sp³-hybridized carbons (Fsp3) is 0.286. The molecule has 8 heteroatoms. The third-order valence-electron chi connectivity index (χ3n) is 3.01. The molecule has 1 aromatic heterocycles. The monoisotopic (exact) mass is 312 g/mol. The molecule has 0 saturated heterocycles. The number of halogens is 3. The lowest BCUT2D eigenvalue weighted by Gasteiger charge is -2.12. The van der Waals surface area contributed by atoms with Crippen molar-refractivity contribution in [2.45, 2.75) is 12.6 Å². The third-order valence-corrected chi connectivity index (χ3v) is 3.01. The van der Waals surface area contributed by atoms with Gasteiger partial charge in [0.25, 0.3) is 0 Å². The van der Waals surface area contributed by atoms with E-state index in [1.54, 1.807) is 0 Å². The van der Waals surface area contributed by atoms with Gasteiger partial charge in [-0.25, -0.2) is 4.79 Å². The molecular formula is C14H15F3N4O. The van der Waals surface area contributed by atoms with Crippen molar-refractivity contribution in [2.75, 3.05) is 18.4 Å². The quantitative estimate of drug-likeness (QED) is 0.739. The van der Waals surface area contributed by atoms with Crippen molar-refractivity contribution in [3.8, 4) is 11.3 Å². The number of benzene rings is 1. The molecule has 0 radical (unpaired) electrons. The van der Waals surface area contributed by atoms with Gasteiger partial charge >= 0.3 is 11.9 Å². The van der Waals surface area contributed by atoms with E-state index in [2.05, 4.69) is 15.3 Å². The number of aromatic amines is 1. The zero-order valence-electron chi connectivity index (χ0n) is 11.6. The van der Waals surface area contributed by atoms with Gasteiger partial charge in [0.2, 0.25) is 0 Å². The van der Waals surface area contributed by atoms with Crippen LogP contribution < -0.4 is 16.7 Å². The first-order valence-corrected chi connectivity index (χ1v) is 6.62. The van der Waals surface area contributed by atoms with Gasteiger partial charge in [-0.05, 0) is 25.1 Å². The van der Waals surface area contributed by atoms with Crippen LogP contribution in [0.25, 0.3) is 11.3 Å². The minimum absolute atomic E-state index is 0.394. The van der Waals surface area contributed by atoms with E-state index in [1.165, 1.54) is 18.3 Å². The first-order chi connectivity index (χ1) is 10.4. The highest BCUT2D eigenvalue weighted by Gasteiger charge is 2.30. The van der Waals surface area contributed by atoms with Crippen molar-refractivity contribution in [2.24, 2.45) is 5.73 Å². The number of rotatable bonds is 5. The highest BCUT2D eigenvalue weighted by molar-refractivity contribution is 5.73. The highest BCUT2D eigenvalue weighted by atomic mass is 19.4. The Morgan fingerprint density at radius 3 is 2.50 bits per heavy atom. The summed E-state index contributed by atoms with van der Waals surface area (Å²) in [4.78, 5) is 17.5. The molecular weight excluding hydrogens is 297 g/mol. The maximum Gasteiger partial charge on any atom is 0.416 e. The van der Waals surface area contributed by atoms with E-state index in [-0.39, 0.29) is 0 Å². The van der Waals surface area contributed by atoms with Crippen molar-refractivity contribution >= 4 is 5.69 Å². The molecule has 0 spiro atoms. The minimum Gasteiger partial charge on any atom is -0.382 e. The van der Waals surface area contributed by atoms with Gasteiger partial charge in [0.15, 0.2) is 0 Å². The summed E-state index contributed by atoms with van der Waals surface area (Å²) in [5.41, 5.74) is 5.48. The predicted molar refractivity (Wildman–Crippen MR) is 77.5 cm³/mol. The van der Waals surface area contributed by atoms with Crippen molar-refractivity contribution in [1.29, 1.82) is 0 Å². The summed E-state index contributed by atoms with van der Waals surface area (Å²) in [5, 5.41) is 3.05. The molecule has 2 aromatic rings. The number of anilines is 1. The Kier molecular flexibility index (Phi) is 4.81. The molecule has 2 rings (SSSR count). The fourth-order valence-electron chi connectivity index (χ4n) is 1.91. The summed E-state index contributed by atoms with van der Waals surface area (Å²) in [6.45, 7) is 1.07. The molecule has 0 aliphatic heterocycles. The Labute approximate surface area is 124 Å². The molecule has 0 unspecified atom stereocenters. The molecule has 1 heterocycles. The van der Waals surface area contributed by atoms with E-state index in [1.807, 2.05) is 0 Å². The molecule has 4 N–H and O–H groups in total. The predicted octanol–water partition coefficient (Wildman–Crippen LogP) is 2.22. The highest BCUT2D eigenvalue weighted by Crippen LogP contribution is 2.31. The van der Waals surface area contributed by atoms with Gasteiger partial charge in [-0.3, -0.25) is 0 Å². The number of nitrogens with one attached hydrogen (secondary N) is 2. The van der Waals surface area contributed by atoms with Gasteiger partial charge < -0.3 is 16.0 Å². The maximum atomic E-state index is 12.6. The van der Waals surface area contributed by atoms with E-state index in [0.717, 1.165) is 12.1 Å². The molecule has 5 nitrogen and oxygen atoms in total. The summed E-state index contributed by atoms with van der Waals surface area (Å²) in [7, 11) is 0. The number of aromatic nitrogens is 2. The van der Waals surface area contributed by atoms with E-state index in [9.17, 15) is 18.0 Å². The Morgan fingerprint density at radius 1 is 1.23 bits per heavy atom. The van der Waals surface area contributed by atoms with Gasteiger partial charge in [0.05, 0.1) is 23.1 Å². The van der Waals surface area contributed by atoms with E-state index in [0.29, 0.717) is 36.5 Å². The van der Waals surface area contributed by atoms with Crippen LogP contribution in [-0.2, 0) is 6.18 Å². The van der Waals surface area contributed by atoms with E-state index >= 15 is 0 Å². The number of nitrogens with two attached hydrogens (primary N) is 1. The summed E-state index contributed by atoms with van der Waals surface area (Å²) >= 11 is 0.